The van der Waals surface area contributed by atoms with Crippen LogP contribution in [0.25, 0.3) is 0 Å². The Bertz CT molecular complexity index is 331. The zero-order valence-electron chi connectivity index (χ0n) is 9.78. The minimum Gasteiger partial charge on any atom is -0.313 e. The third-order valence-corrected chi connectivity index (χ3v) is 3.80. The summed E-state index contributed by atoms with van der Waals surface area (Å²) in [5, 5.41) is 3.63. The van der Waals surface area contributed by atoms with Gasteiger partial charge >= 0.3 is 0 Å². The maximum Gasteiger partial charge on any atom is 0.0241 e. The summed E-state index contributed by atoms with van der Waals surface area (Å²) < 4.78 is 0. The van der Waals surface area contributed by atoms with Crippen molar-refractivity contribution in [3.05, 3.63) is 35.4 Å². The lowest BCUT2D eigenvalue weighted by molar-refractivity contribution is 0.228. The van der Waals surface area contributed by atoms with Crippen molar-refractivity contribution in [2.24, 2.45) is 0 Å². The molecule has 16 heavy (non-hydrogen) atoms. The van der Waals surface area contributed by atoms with Crippen LogP contribution in [-0.4, -0.2) is 24.0 Å². The van der Waals surface area contributed by atoms with Crippen LogP contribution in [0.15, 0.2) is 24.3 Å². The molecule has 2 heteroatoms. The third-order valence-electron chi connectivity index (χ3n) is 3.80. The maximum absolute atomic E-state index is 3.63. The summed E-state index contributed by atoms with van der Waals surface area (Å²) in [7, 11) is 0. The Morgan fingerprint density at radius 2 is 1.88 bits per heavy atom. The van der Waals surface area contributed by atoms with Gasteiger partial charge in [-0.25, -0.2) is 0 Å². The summed E-state index contributed by atoms with van der Waals surface area (Å²) in [5.74, 6) is 0. The predicted octanol–water partition coefficient (Wildman–Crippen LogP) is 2.14. The van der Waals surface area contributed by atoms with Crippen LogP contribution in [0.3, 0.4) is 0 Å². The molecule has 1 N–H and O–H groups in total. The van der Waals surface area contributed by atoms with Crippen molar-refractivity contribution >= 4 is 0 Å². The van der Waals surface area contributed by atoms with Gasteiger partial charge in [0.2, 0.25) is 0 Å². The molecule has 1 aromatic carbocycles. The van der Waals surface area contributed by atoms with Crippen molar-refractivity contribution in [3.8, 4) is 0 Å². The summed E-state index contributed by atoms with van der Waals surface area (Å²) in [6.45, 7) is 4.73. The van der Waals surface area contributed by atoms with Gasteiger partial charge in [-0.2, -0.15) is 0 Å². The van der Waals surface area contributed by atoms with Crippen LogP contribution < -0.4 is 5.32 Å². The molecule has 1 atom stereocenters. The molecule has 0 aromatic heterocycles. The molecule has 3 rings (SSSR count). The molecule has 0 amide bonds. The van der Waals surface area contributed by atoms with E-state index < -0.39 is 0 Å². The molecule has 86 valence electrons. The first-order valence-electron chi connectivity index (χ1n) is 6.44. The van der Waals surface area contributed by atoms with Gasteiger partial charge in [0.25, 0.3) is 0 Å². The van der Waals surface area contributed by atoms with Crippen LogP contribution in [0, 0.1) is 0 Å². The topological polar surface area (TPSA) is 15.3 Å². The van der Waals surface area contributed by atoms with E-state index in [0.717, 1.165) is 19.1 Å². The molecule has 0 saturated carbocycles. The van der Waals surface area contributed by atoms with E-state index >= 15 is 0 Å². The number of fused-ring (bicyclic) bond motifs is 1. The first-order chi connectivity index (χ1) is 7.92. The van der Waals surface area contributed by atoms with Crippen LogP contribution in [0.4, 0.5) is 0 Å². The van der Waals surface area contributed by atoms with Crippen molar-refractivity contribution in [2.75, 3.05) is 13.1 Å². The minimum atomic E-state index is 0.725. The second kappa shape index (κ2) is 4.56. The maximum atomic E-state index is 3.63. The minimum absolute atomic E-state index is 0.725. The average Bonchev–Trinajstić information content (AvgIpc) is 2.72. The third kappa shape index (κ3) is 2.13. The van der Waals surface area contributed by atoms with Crippen molar-refractivity contribution < 1.29 is 0 Å². The molecule has 2 nitrogen and oxygen atoms in total. The molecule has 1 unspecified atom stereocenters. The fraction of sp³-hybridized carbons (Fsp3) is 0.571. The molecule has 0 spiro atoms. The zero-order chi connectivity index (χ0) is 10.8. The summed E-state index contributed by atoms with van der Waals surface area (Å²) >= 11 is 0. The Morgan fingerprint density at radius 3 is 2.50 bits per heavy atom. The van der Waals surface area contributed by atoms with Crippen LogP contribution in [0.5, 0.6) is 0 Å². The molecular weight excluding hydrogens is 196 g/mol. The van der Waals surface area contributed by atoms with Crippen LogP contribution in [0.1, 0.15) is 30.4 Å². The predicted molar refractivity (Wildman–Crippen MR) is 66.2 cm³/mol. The SMILES string of the molecule is c1ccc2c(c1)CN(CC1CCCCN1)C2. The zero-order valence-corrected chi connectivity index (χ0v) is 9.78. The second-order valence-corrected chi connectivity index (χ2v) is 5.09. The summed E-state index contributed by atoms with van der Waals surface area (Å²) in [6, 6.07) is 9.57. The second-order valence-electron chi connectivity index (χ2n) is 5.09. The number of hydrogen-bond acceptors (Lipinski definition) is 2. The van der Waals surface area contributed by atoms with Crippen LogP contribution in [0.2, 0.25) is 0 Å². The Hall–Kier alpha value is -0.860. The largest absolute Gasteiger partial charge is 0.313 e. The molecule has 0 bridgehead atoms. The molecule has 1 saturated heterocycles. The lowest BCUT2D eigenvalue weighted by atomic mass is 10.0. The van der Waals surface area contributed by atoms with Crippen molar-refractivity contribution in [2.45, 2.75) is 38.4 Å². The fourth-order valence-electron chi connectivity index (χ4n) is 2.92. The highest BCUT2D eigenvalue weighted by molar-refractivity contribution is 5.30. The van der Waals surface area contributed by atoms with Crippen molar-refractivity contribution in [1.82, 2.24) is 10.2 Å². The van der Waals surface area contributed by atoms with E-state index in [2.05, 4.69) is 34.5 Å². The molecule has 1 fully saturated rings. The van der Waals surface area contributed by atoms with Gasteiger partial charge in [0.05, 0.1) is 0 Å². The van der Waals surface area contributed by atoms with E-state index in [0.29, 0.717) is 0 Å². The van der Waals surface area contributed by atoms with E-state index in [1.165, 1.54) is 43.5 Å². The quantitative estimate of drug-likeness (QED) is 0.815. The van der Waals surface area contributed by atoms with Gasteiger partial charge < -0.3 is 5.32 Å². The lowest BCUT2D eigenvalue weighted by Crippen LogP contribution is -2.42. The average molecular weight is 216 g/mol. The Kier molecular flexibility index (Phi) is 2.94. The van der Waals surface area contributed by atoms with Gasteiger partial charge in [-0.3, -0.25) is 4.90 Å². The highest BCUT2D eigenvalue weighted by atomic mass is 15.2. The molecule has 2 heterocycles. The van der Waals surface area contributed by atoms with Crippen LogP contribution in [-0.2, 0) is 13.1 Å². The molecule has 1 aromatic rings. The van der Waals surface area contributed by atoms with Gasteiger partial charge in [0.15, 0.2) is 0 Å². The number of hydrogen-bond donors (Lipinski definition) is 1. The van der Waals surface area contributed by atoms with E-state index in [9.17, 15) is 0 Å². The number of piperidine rings is 1. The standard InChI is InChI=1S/C14H20N2/c1-2-6-13-10-16(9-12(13)5-1)11-14-7-3-4-8-15-14/h1-2,5-6,14-15H,3-4,7-11H2. The smallest absolute Gasteiger partial charge is 0.0241 e. The first-order valence-corrected chi connectivity index (χ1v) is 6.44. The Morgan fingerprint density at radius 1 is 1.12 bits per heavy atom. The molecule has 0 aliphatic carbocycles. The molecule has 2 aliphatic rings. The number of nitrogens with one attached hydrogen (secondary N) is 1. The molecular formula is C14H20N2. The monoisotopic (exact) mass is 216 g/mol. The summed E-state index contributed by atoms with van der Waals surface area (Å²) in [5.41, 5.74) is 3.05. The normalized spacial score (nSPS) is 25.6. The van der Waals surface area contributed by atoms with Gasteiger partial charge in [-0.1, -0.05) is 30.7 Å². The number of nitrogens with zero attached hydrogens (tertiary/aromatic N) is 1. The Labute approximate surface area is 97.6 Å². The lowest BCUT2D eigenvalue weighted by Gasteiger charge is -2.27. The highest BCUT2D eigenvalue weighted by Crippen LogP contribution is 2.23. The van der Waals surface area contributed by atoms with Gasteiger partial charge in [-0.15, -0.1) is 0 Å². The fourth-order valence-corrected chi connectivity index (χ4v) is 2.92. The summed E-state index contributed by atoms with van der Waals surface area (Å²) in [4.78, 5) is 2.58. The van der Waals surface area contributed by atoms with Crippen LogP contribution >= 0.6 is 0 Å². The Balaban J connectivity index is 1.59. The number of rotatable bonds is 2. The van der Waals surface area contributed by atoms with Gasteiger partial charge in [-0.05, 0) is 30.5 Å². The van der Waals surface area contributed by atoms with E-state index in [1.54, 1.807) is 0 Å². The highest BCUT2D eigenvalue weighted by Gasteiger charge is 2.22. The first kappa shape index (κ1) is 10.3. The van der Waals surface area contributed by atoms with E-state index in [4.69, 9.17) is 0 Å². The van der Waals surface area contributed by atoms with E-state index in [1.807, 2.05) is 0 Å². The van der Waals surface area contributed by atoms with E-state index in [-0.39, 0.29) is 0 Å². The number of benzene rings is 1. The molecule has 0 radical (unpaired) electrons. The van der Waals surface area contributed by atoms with Crippen molar-refractivity contribution in [1.29, 1.82) is 0 Å². The van der Waals surface area contributed by atoms with Gasteiger partial charge in [0.1, 0.15) is 0 Å². The molecule has 2 aliphatic heterocycles. The summed E-state index contributed by atoms with van der Waals surface area (Å²) in [6.07, 6.45) is 4.11. The van der Waals surface area contributed by atoms with Gasteiger partial charge in [0, 0.05) is 25.7 Å². The van der Waals surface area contributed by atoms with Crippen molar-refractivity contribution in [3.63, 3.8) is 0 Å².